The van der Waals surface area contributed by atoms with E-state index in [0.29, 0.717) is 18.7 Å². The van der Waals surface area contributed by atoms with Gasteiger partial charge in [-0.05, 0) is 25.1 Å². The monoisotopic (exact) mass is 255 g/mol. The molecule has 0 unspecified atom stereocenters. The molecular weight excluding hydrogens is 241 g/mol. The van der Waals surface area contributed by atoms with E-state index in [1.165, 1.54) is 0 Å². The molecule has 0 saturated carbocycles. The number of benzene rings is 1. The van der Waals surface area contributed by atoms with Gasteiger partial charge in [0, 0.05) is 0 Å². The van der Waals surface area contributed by atoms with Gasteiger partial charge in [-0.2, -0.15) is 8.42 Å². The van der Waals surface area contributed by atoms with Gasteiger partial charge >= 0.3 is 61.5 Å². The van der Waals surface area contributed by atoms with Crippen LogP contribution in [-0.4, -0.2) is 72.1 Å². The van der Waals surface area contributed by atoms with Gasteiger partial charge in [-0.3, -0.25) is 0 Å². The first-order valence-electron chi connectivity index (χ1n) is 4.31. The van der Waals surface area contributed by atoms with E-state index < -0.39 is 10.1 Å². The van der Waals surface area contributed by atoms with Crippen molar-refractivity contribution in [1.29, 1.82) is 0 Å². The zero-order chi connectivity index (χ0) is 10.4. The molecule has 1 aromatic rings. The molecule has 0 atom stereocenters. The summed E-state index contributed by atoms with van der Waals surface area (Å²) in [5.74, 6) is 0.294. The van der Waals surface area contributed by atoms with Crippen LogP contribution in [0.1, 0.15) is 6.42 Å². The third-order valence-electron chi connectivity index (χ3n) is 1.56. The second-order valence-corrected chi connectivity index (χ2v) is 4.49. The first kappa shape index (κ1) is 15.6. The van der Waals surface area contributed by atoms with E-state index in [2.05, 4.69) is 0 Å². The maximum absolute atomic E-state index is 11.3. The molecule has 1 rings (SSSR count). The fourth-order valence-corrected chi connectivity index (χ4v) is 1.93. The minimum atomic E-state index is -3.48. The Morgan fingerprint density at radius 1 is 1.20 bits per heavy atom. The Morgan fingerprint density at radius 2 is 1.80 bits per heavy atom. The molecule has 0 saturated heterocycles. The van der Waals surface area contributed by atoms with Crippen LogP contribution < -0.4 is 9.92 Å². The van der Waals surface area contributed by atoms with Gasteiger partial charge < -0.3 is 9.92 Å². The van der Waals surface area contributed by atoms with Crippen molar-refractivity contribution < 1.29 is 12.6 Å². The van der Waals surface area contributed by atoms with Gasteiger partial charge in [0.2, 0.25) is 0 Å². The van der Waals surface area contributed by atoms with Crippen molar-refractivity contribution in [2.45, 2.75) is 6.42 Å². The number of rotatable bonds is 5. The Balaban J connectivity index is 0.00000196. The first-order valence-corrected chi connectivity index (χ1v) is 5.89. The maximum atomic E-state index is 11.3. The second-order valence-electron chi connectivity index (χ2n) is 2.80. The van der Waals surface area contributed by atoms with Gasteiger partial charge in [-0.1, -0.05) is 18.2 Å². The Bertz CT molecular complexity index is 366. The van der Waals surface area contributed by atoms with Crippen molar-refractivity contribution in [3.05, 3.63) is 30.3 Å². The zero-order valence-electron chi connectivity index (χ0n) is 7.72. The summed E-state index contributed by atoms with van der Waals surface area (Å²) in [6, 6.07) is 8.42. The van der Waals surface area contributed by atoms with Gasteiger partial charge in [0.1, 0.15) is 5.75 Å². The van der Waals surface area contributed by atoms with Crippen LogP contribution in [0.4, 0.5) is 0 Å². The predicted octanol–water partition coefficient (Wildman–Crippen LogP) is 0.0955. The van der Waals surface area contributed by atoms with E-state index in [4.69, 9.17) is 9.92 Å². The summed E-state index contributed by atoms with van der Waals surface area (Å²) in [5.41, 5.74) is 5.21. The molecule has 0 heterocycles. The molecule has 80 valence electrons. The summed E-state index contributed by atoms with van der Waals surface area (Å²) < 4.78 is 27.4. The van der Waals surface area contributed by atoms with E-state index in [0.717, 1.165) is 0 Å². The average Bonchev–Trinajstić information content (AvgIpc) is 2.16. The molecule has 2 N–H and O–H groups in total. The predicted molar refractivity (Wildman–Crippen MR) is 61.7 cm³/mol. The van der Waals surface area contributed by atoms with Gasteiger partial charge in [-0.25, -0.2) is 0 Å². The SMILES string of the molecule is NCCCS(=O)(=O)Oc1ccccc1.[KH]. The van der Waals surface area contributed by atoms with Crippen LogP contribution in [0.15, 0.2) is 30.3 Å². The van der Waals surface area contributed by atoms with E-state index in [9.17, 15) is 8.42 Å². The molecular formula is C9H14KNO3S. The normalized spacial score (nSPS) is 10.5. The number of hydrogen-bond acceptors (Lipinski definition) is 4. The number of para-hydroxylation sites is 1. The molecule has 0 bridgehead atoms. The number of nitrogens with two attached hydrogens (primary N) is 1. The molecule has 0 fully saturated rings. The summed E-state index contributed by atoms with van der Waals surface area (Å²) in [4.78, 5) is 0. The molecule has 0 radical (unpaired) electrons. The summed E-state index contributed by atoms with van der Waals surface area (Å²) in [6.07, 6.45) is 0.412. The van der Waals surface area contributed by atoms with Crippen LogP contribution in [0, 0.1) is 0 Å². The van der Waals surface area contributed by atoms with E-state index in [1.54, 1.807) is 30.3 Å². The molecule has 15 heavy (non-hydrogen) atoms. The van der Waals surface area contributed by atoms with Crippen molar-refractivity contribution in [1.82, 2.24) is 0 Å². The van der Waals surface area contributed by atoms with Crippen LogP contribution in [0.25, 0.3) is 0 Å². The molecule has 0 aromatic heterocycles. The van der Waals surface area contributed by atoms with Crippen LogP contribution in [-0.2, 0) is 10.1 Å². The first-order chi connectivity index (χ1) is 6.64. The van der Waals surface area contributed by atoms with Crippen LogP contribution in [0.2, 0.25) is 0 Å². The standard InChI is InChI=1S/C9H13NO3S.K.H/c10-7-4-8-14(11,12)13-9-5-2-1-3-6-9;;/h1-3,5-6H,4,7-8,10H2;;. The van der Waals surface area contributed by atoms with Crippen LogP contribution >= 0.6 is 0 Å². The Morgan fingerprint density at radius 3 is 2.33 bits per heavy atom. The summed E-state index contributed by atoms with van der Waals surface area (Å²) in [7, 11) is -3.48. The van der Waals surface area contributed by atoms with Gasteiger partial charge in [-0.15, -0.1) is 0 Å². The van der Waals surface area contributed by atoms with Crippen LogP contribution in [0.3, 0.4) is 0 Å². The van der Waals surface area contributed by atoms with Crippen molar-refractivity contribution in [3.63, 3.8) is 0 Å². The molecule has 6 heteroatoms. The Hall–Kier alpha value is 0.566. The Labute approximate surface area is 133 Å². The second kappa shape index (κ2) is 7.78. The molecule has 0 amide bonds. The van der Waals surface area contributed by atoms with E-state index in [-0.39, 0.29) is 57.1 Å². The molecule has 1 aromatic carbocycles. The quantitative estimate of drug-likeness (QED) is 0.598. The minimum absolute atomic E-state index is 0. The van der Waals surface area contributed by atoms with E-state index >= 15 is 0 Å². The summed E-state index contributed by atoms with van der Waals surface area (Å²) >= 11 is 0. The van der Waals surface area contributed by atoms with Gasteiger partial charge in [0.05, 0.1) is 5.75 Å². The fraction of sp³-hybridized carbons (Fsp3) is 0.333. The van der Waals surface area contributed by atoms with Crippen molar-refractivity contribution in [2.75, 3.05) is 12.3 Å². The Kier molecular flexibility index (Phi) is 8.07. The fourth-order valence-electron chi connectivity index (χ4n) is 0.924. The molecule has 0 aliphatic heterocycles. The van der Waals surface area contributed by atoms with Crippen LogP contribution in [0.5, 0.6) is 5.75 Å². The average molecular weight is 255 g/mol. The zero-order valence-corrected chi connectivity index (χ0v) is 8.53. The van der Waals surface area contributed by atoms with Crippen molar-refractivity contribution in [3.8, 4) is 5.75 Å². The molecule has 4 nitrogen and oxygen atoms in total. The molecule has 0 spiro atoms. The summed E-state index contributed by atoms with van der Waals surface area (Å²) in [6.45, 7) is 0.345. The summed E-state index contributed by atoms with van der Waals surface area (Å²) in [5, 5.41) is 0. The van der Waals surface area contributed by atoms with Crippen molar-refractivity contribution in [2.24, 2.45) is 5.73 Å². The molecule has 0 aliphatic rings. The van der Waals surface area contributed by atoms with Crippen molar-refractivity contribution >= 4 is 61.5 Å². The third kappa shape index (κ3) is 6.67. The molecule has 0 aliphatic carbocycles. The topological polar surface area (TPSA) is 69.4 Å². The van der Waals surface area contributed by atoms with Gasteiger partial charge in [0.25, 0.3) is 0 Å². The van der Waals surface area contributed by atoms with E-state index in [1.807, 2.05) is 0 Å². The van der Waals surface area contributed by atoms with Gasteiger partial charge in [0.15, 0.2) is 0 Å². The third-order valence-corrected chi connectivity index (χ3v) is 2.80. The number of hydrogen-bond donors (Lipinski definition) is 1.